The first kappa shape index (κ1) is 37.0. The van der Waals surface area contributed by atoms with Gasteiger partial charge < -0.3 is 45.1 Å². The van der Waals surface area contributed by atoms with Crippen LogP contribution in [0, 0.1) is 0 Å². The molecule has 5 aromatic rings. The SMILES string of the molecule is CC=O.OCc1cc(C(O)CNCCc2ccc(OCCCNCc3cc(C(O)(c4ccccc4)c4ccccc4)no3)cc2)ccc1O. The van der Waals surface area contributed by atoms with Gasteiger partial charge in [0.2, 0.25) is 0 Å². The highest BCUT2D eigenvalue weighted by Gasteiger charge is 2.37. The van der Waals surface area contributed by atoms with Crippen molar-refractivity contribution in [1.29, 1.82) is 0 Å². The van der Waals surface area contributed by atoms with Gasteiger partial charge in [-0.1, -0.05) is 84.0 Å². The number of nitrogens with one attached hydrogen (secondary N) is 2. The zero-order chi connectivity index (χ0) is 34.9. The number of carbonyl (C=O) groups is 1. The van der Waals surface area contributed by atoms with Gasteiger partial charge >= 0.3 is 0 Å². The predicted molar refractivity (Wildman–Crippen MR) is 187 cm³/mol. The summed E-state index contributed by atoms with van der Waals surface area (Å²) in [5, 5.41) is 52.1. The summed E-state index contributed by atoms with van der Waals surface area (Å²) in [4.78, 5) is 8.81. The average molecular weight is 668 g/mol. The molecular formula is C39H45N3O7. The molecule has 0 fully saturated rings. The highest BCUT2D eigenvalue weighted by molar-refractivity contribution is 5.45. The van der Waals surface area contributed by atoms with Crippen molar-refractivity contribution in [2.24, 2.45) is 0 Å². The molecule has 0 aliphatic carbocycles. The van der Waals surface area contributed by atoms with Gasteiger partial charge in [0.05, 0.1) is 25.9 Å². The smallest absolute Gasteiger partial charge is 0.160 e. The van der Waals surface area contributed by atoms with Crippen LogP contribution in [-0.2, 0) is 30.0 Å². The summed E-state index contributed by atoms with van der Waals surface area (Å²) < 4.78 is 11.5. The molecule has 0 aliphatic heterocycles. The summed E-state index contributed by atoms with van der Waals surface area (Å²) in [5.41, 5.74) is 2.65. The summed E-state index contributed by atoms with van der Waals surface area (Å²) in [6, 6.07) is 33.5. The van der Waals surface area contributed by atoms with Crippen LogP contribution in [-0.4, -0.2) is 58.1 Å². The molecule has 6 N–H and O–H groups in total. The van der Waals surface area contributed by atoms with Gasteiger partial charge in [-0.05, 0) is 79.4 Å². The van der Waals surface area contributed by atoms with Crippen LogP contribution >= 0.6 is 0 Å². The molecular weight excluding hydrogens is 622 g/mol. The quantitative estimate of drug-likeness (QED) is 0.0602. The third kappa shape index (κ3) is 10.6. The molecule has 10 nitrogen and oxygen atoms in total. The Morgan fingerprint density at radius 2 is 1.55 bits per heavy atom. The highest BCUT2D eigenvalue weighted by atomic mass is 16.5. The number of aromatic hydroxyl groups is 1. The van der Waals surface area contributed by atoms with E-state index in [0.29, 0.717) is 48.8 Å². The number of aromatic nitrogens is 1. The van der Waals surface area contributed by atoms with E-state index in [-0.39, 0.29) is 12.4 Å². The Morgan fingerprint density at radius 1 is 0.898 bits per heavy atom. The molecule has 0 saturated carbocycles. The van der Waals surface area contributed by atoms with E-state index in [1.807, 2.05) is 84.9 Å². The number of phenols is 1. The van der Waals surface area contributed by atoms with Crippen LogP contribution in [0.2, 0.25) is 0 Å². The Bertz CT molecular complexity index is 1640. The molecule has 5 rings (SSSR count). The number of aliphatic hydroxyl groups excluding tert-OH is 2. The number of carbonyl (C=O) groups excluding carboxylic acids is 1. The number of aldehydes is 1. The second-order valence-corrected chi connectivity index (χ2v) is 11.4. The van der Waals surface area contributed by atoms with Gasteiger partial charge in [-0.15, -0.1) is 0 Å². The molecule has 0 amide bonds. The van der Waals surface area contributed by atoms with E-state index in [4.69, 9.17) is 14.1 Å². The number of nitrogens with zero attached hydrogens (tertiary/aromatic N) is 1. The molecule has 0 radical (unpaired) electrons. The van der Waals surface area contributed by atoms with E-state index in [2.05, 4.69) is 15.8 Å². The minimum atomic E-state index is -1.42. The predicted octanol–water partition coefficient (Wildman–Crippen LogP) is 4.79. The number of ether oxygens (including phenoxy) is 1. The fourth-order valence-electron chi connectivity index (χ4n) is 5.27. The first-order valence-electron chi connectivity index (χ1n) is 16.3. The van der Waals surface area contributed by atoms with Crippen LogP contribution < -0.4 is 15.4 Å². The Morgan fingerprint density at radius 3 is 2.18 bits per heavy atom. The largest absolute Gasteiger partial charge is 0.508 e. The van der Waals surface area contributed by atoms with Gasteiger partial charge in [0.15, 0.2) is 11.4 Å². The van der Waals surface area contributed by atoms with Crippen molar-refractivity contribution in [3.8, 4) is 11.5 Å². The molecule has 10 heteroatoms. The van der Waals surface area contributed by atoms with Crippen molar-refractivity contribution in [3.05, 3.63) is 148 Å². The minimum Gasteiger partial charge on any atom is -0.508 e. The summed E-state index contributed by atoms with van der Waals surface area (Å²) in [6.07, 6.45) is 1.61. The standard InChI is InChI=1S/C37H41N3O6.C2H4O/c41-26-29-22-28(14-17-34(29)42)35(43)25-39-20-18-27-12-15-32(16-13-27)45-21-7-19-38-24-33-23-36(40-46-33)37(44,30-8-3-1-4-9-30)31-10-5-2-6-11-31;1-2-3/h1-6,8-17,22-23,35,38-39,41-44H,7,18-21,24-26H2;2H,1H3. The zero-order valence-electron chi connectivity index (χ0n) is 27.7. The summed E-state index contributed by atoms with van der Waals surface area (Å²) >= 11 is 0. The summed E-state index contributed by atoms with van der Waals surface area (Å²) in [7, 11) is 0. The van der Waals surface area contributed by atoms with Gasteiger partial charge in [0.25, 0.3) is 0 Å². The van der Waals surface area contributed by atoms with Crippen LogP contribution in [0.5, 0.6) is 11.5 Å². The number of rotatable bonds is 17. The lowest BCUT2D eigenvalue weighted by Gasteiger charge is -2.27. The summed E-state index contributed by atoms with van der Waals surface area (Å²) in [5.74, 6) is 1.46. The third-order valence-electron chi connectivity index (χ3n) is 7.89. The average Bonchev–Trinajstić information content (AvgIpc) is 3.62. The molecule has 1 heterocycles. The maximum Gasteiger partial charge on any atom is 0.160 e. The lowest BCUT2D eigenvalue weighted by molar-refractivity contribution is -0.106. The van der Waals surface area contributed by atoms with Gasteiger partial charge in [-0.2, -0.15) is 0 Å². The molecule has 4 aromatic carbocycles. The monoisotopic (exact) mass is 667 g/mol. The van der Waals surface area contributed by atoms with Crippen molar-refractivity contribution < 1.29 is 34.5 Å². The molecule has 1 aromatic heterocycles. The van der Waals surface area contributed by atoms with Crippen molar-refractivity contribution in [1.82, 2.24) is 15.8 Å². The molecule has 0 saturated heterocycles. The fraction of sp³-hybridized carbons (Fsp3) is 0.282. The molecule has 0 spiro atoms. The number of hydrogen-bond donors (Lipinski definition) is 6. The molecule has 258 valence electrons. The van der Waals surface area contributed by atoms with E-state index in [9.17, 15) is 20.4 Å². The number of hydrogen-bond acceptors (Lipinski definition) is 10. The first-order valence-corrected chi connectivity index (χ1v) is 16.3. The lowest BCUT2D eigenvalue weighted by Crippen LogP contribution is -2.29. The Kier molecular flexibility index (Phi) is 14.5. The maximum atomic E-state index is 11.9. The lowest BCUT2D eigenvalue weighted by atomic mass is 9.83. The summed E-state index contributed by atoms with van der Waals surface area (Å²) in [6.45, 7) is 3.98. The van der Waals surface area contributed by atoms with E-state index in [1.165, 1.54) is 13.0 Å². The van der Waals surface area contributed by atoms with Crippen LogP contribution in [0.3, 0.4) is 0 Å². The van der Waals surface area contributed by atoms with Crippen LogP contribution in [0.1, 0.15) is 58.7 Å². The first-order chi connectivity index (χ1) is 23.9. The minimum absolute atomic E-state index is 0.0198. The van der Waals surface area contributed by atoms with Crippen LogP contribution in [0.15, 0.2) is 114 Å². The van der Waals surface area contributed by atoms with E-state index in [1.54, 1.807) is 18.2 Å². The molecule has 0 bridgehead atoms. The van der Waals surface area contributed by atoms with Gasteiger partial charge in [0, 0.05) is 18.2 Å². The molecule has 1 unspecified atom stereocenters. The van der Waals surface area contributed by atoms with Gasteiger partial charge in [0.1, 0.15) is 23.5 Å². The highest BCUT2D eigenvalue weighted by Crippen LogP contribution is 2.36. The van der Waals surface area contributed by atoms with Crippen molar-refractivity contribution in [2.75, 3.05) is 26.2 Å². The Balaban J connectivity index is 0.00000174. The zero-order valence-corrected chi connectivity index (χ0v) is 27.7. The van der Waals surface area contributed by atoms with E-state index in [0.717, 1.165) is 48.1 Å². The van der Waals surface area contributed by atoms with Gasteiger partial charge in [-0.3, -0.25) is 0 Å². The number of benzene rings is 4. The van der Waals surface area contributed by atoms with Crippen molar-refractivity contribution >= 4 is 6.29 Å². The van der Waals surface area contributed by atoms with Crippen LogP contribution in [0.4, 0.5) is 0 Å². The van der Waals surface area contributed by atoms with Crippen molar-refractivity contribution in [3.63, 3.8) is 0 Å². The van der Waals surface area contributed by atoms with Crippen molar-refractivity contribution in [2.45, 2.75) is 44.6 Å². The Labute approximate surface area is 287 Å². The third-order valence-corrected chi connectivity index (χ3v) is 7.89. The van der Waals surface area contributed by atoms with E-state index >= 15 is 0 Å². The molecule has 49 heavy (non-hydrogen) atoms. The Hall–Kier alpha value is -4.84. The fourth-order valence-corrected chi connectivity index (χ4v) is 5.27. The topological polar surface area (TPSA) is 157 Å². The molecule has 0 aliphatic rings. The normalized spacial score (nSPS) is 11.8. The maximum absolute atomic E-state index is 11.9. The van der Waals surface area contributed by atoms with E-state index < -0.39 is 11.7 Å². The van der Waals surface area contributed by atoms with Crippen LogP contribution in [0.25, 0.3) is 0 Å². The van der Waals surface area contributed by atoms with Gasteiger partial charge in [-0.25, -0.2) is 0 Å². The number of aliphatic hydroxyl groups is 3. The second kappa shape index (κ2) is 19.2. The second-order valence-electron chi connectivity index (χ2n) is 11.4. The molecule has 1 atom stereocenters.